The first-order valence-corrected chi connectivity index (χ1v) is 8.07. The molecule has 4 nitrogen and oxygen atoms in total. The molecule has 1 aromatic rings. The van der Waals surface area contributed by atoms with E-state index in [4.69, 9.17) is 4.74 Å². The van der Waals surface area contributed by atoms with Crippen LogP contribution in [-0.2, 0) is 11.3 Å². The maximum absolute atomic E-state index is 12.3. The molecular formula is C15H22N2O2S. The third-order valence-corrected chi connectivity index (χ3v) is 4.38. The van der Waals surface area contributed by atoms with E-state index >= 15 is 0 Å². The number of hydrogen-bond donors (Lipinski definition) is 1. The lowest BCUT2D eigenvalue weighted by Crippen LogP contribution is -2.41. The largest absolute Gasteiger partial charge is 0.496 e. The lowest BCUT2D eigenvalue weighted by atomic mass is 10.1. The Kier molecular flexibility index (Phi) is 5.31. The molecule has 1 fully saturated rings. The van der Waals surface area contributed by atoms with E-state index in [0.29, 0.717) is 6.54 Å². The van der Waals surface area contributed by atoms with Crippen molar-refractivity contribution in [3.05, 3.63) is 23.8 Å². The molecule has 20 heavy (non-hydrogen) atoms. The maximum Gasteiger partial charge on any atom is 0.239 e. The zero-order valence-corrected chi connectivity index (χ0v) is 13.1. The Bertz CT molecular complexity index is 473. The molecule has 0 radical (unpaired) electrons. The highest BCUT2D eigenvalue weighted by molar-refractivity contribution is 7.98. The number of amides is 1. The number of thioether (sulfide) groups is 1. The van der Waals surface area contributed by atoms with Crippen LogP contribution in [-0.4, -0.2) is 43.8 Å². The van der Waals surface area contributed by atoms with Crippen molar-refractivity contribution in [1.29, 1.82) is 0 Å². The van der Waals surface area contributed by atoms with Crippen LogP contribution >= 0.6 is 11.8 Å². The van der Waals surface area contributed by atoms with Gasteiger partial charge in [-0.15, -0.1) is 11.8 Å². The summed E-state index contributed by atoms with van der Waals surface area (Å²) in [5.74, 6) is 1.05. The van der Waals surface area contributed by atoms with Crippen LogP contribution in [0.3, 0.4) is 0 Å². The molecule has 1 N–H and O–H groups in total. The average Bonchev–Trinajstić information content (AvgIpc) is 3.00. The fraction of sp³-hybridized carbons (Fsp3) is 0.533. The molecule has 1 amide bonds. The Morgan fingerprint density at radius 3 is 2.95 bits per heavy atom. The minimum absolute atomic E-state index is 0.00707. The summed E-state index contributed by atoms with van der Waals surface area (Å²) in [4.78, 5) is 15.2. The van der Waals surface area contributed by atoms with Crippen LogP contribution < -0.4 is 10.1 Å². The predicted molar refractivity (Wildman–Crippen MR) is 82.3 cm³/mol. The molecule has 0 aliphatic carbocycles. The number of likely N-dealkylation sites (N-methyl/N-ethyl adjacent to an activating group) is 1. The summed E-state index contributed by atoms with van der Waals surface area (Å²) in [6.07, 6.45) is 4.05. The van der Waals surface area contributed by atoms with Gasteiger partial charge in [0.1, 0.15) is 5.75 Å². The van der Waals surface area contributed by atoms with Gasteiger partial charge in [0.15, 0.2) is 0 Å². The fourth-order valence-corrected chi connectivity index (χ4v) is 3.04. The first-order valence-electron chi connectivity index (χ1n) is 6.85. The Morgan fingerprint density at radius 2 is 2.35 bits per heavy atom. The standard InChI is InChI=1S/C15H22N2O2S/c1-17(15(18)12-5-4-8-16-12)10-11-6-7-14(20-3)13(9-11)19-2/h6-7,9,12,16H,4-5,8,10H2,1-3H3. The van der Waals surface area contributed by atoms with Gasteiger partial charge in [-0.05, 0) is 43.3 Å². The van der Waals surface area contributed by atoms with E-state index in [-0.39, 0.29) is 11.9 Å². The van der Waals surface area contributed by atoms with E-state index in [1.165, 1.54) is 0 Å². The van der Waals surface area contributed by atoms with Crippen molar-refractivity contribution in [2.45, 2.75) is 30.3 Å². The molecule has 1 unspecified atom stereocenters. The van der Waals surface area contributed by atoms with Crippen molar-refractivity contribution >= 4 is 17.7 Å². The molecule has 2 rings (SSSR count). The monoisotopic (exact) mass is 294 g/mol. The van der Waals surface area contributed by atoms with E-state index in [1.54, 1.807) is 23.8 Å². The molecule has 0 spiro atoms. The molecule has 5 heteroatoms. The average molecular weight is 294 g/mol. The van der Waals surface area contributed by atoms with Crippen LogP contribution in [0.1, 0.15) is 18.4 Å². The highest BCUT2D eigenvalue weighted by Crippen LogP contribution is 2.28. The summed E-state index contributed by atoms with van der Waals surface area (Å²) in [5.41, 5.74) is 1.09. The maximum atomic E-state index is 12.3. The van der Waals surface area contributed by atoms with Crippen LogP contribution in [0.4, 0.5) is 0 Å². The Morgan fingerprint density at radius 1 is 1.55 bits per heavy atom. The van der Waals surface area contributed by atoms with Crippen molar-refractivity contribution < 1.29 is 9.53 Å². The zero-order chi connectivity index (χ0) is 14.5. The second kappa shape index (κ2) is 6.99. The molecule has 1 aromatic carbocycles. The predicted octanol–water partition coefficient (Wildman–Crippen LogP) is 2.13. The number of carbonyl (C=O) groups excluding carboxylic acids is 1. The highest BCUT2D eigenvalue weighted by Gasteiger charge is 2.24. The van der Waals surface area contributed by atoms with E-state index in [9.17, 15) is 4.79 Å². The number of hydrogen-bond acceptors (Lipinski definition) is 4. The summed E-state index contributed by atoms with van der Waals surface area (Å²) in [7, 11) is 3.54. The van der Waals surface area contributed by atoms with Gasteiger partial charge in [-0.25, -0.2) is 0 Å². The number of rotatable bonds is 5. The fourth-order valence-electron chi connectivity index (χ4n) is 2.49. The van der Waals surface area contributed by atoms with Crippen LogP contribution in [0, 0.1) is 0 Å². The summed E-state index contributed by atoms with van der Waals surface area (Å²) in [6, 6.07) is 6.11. The van der Waals surface area contributed by atoms with E-state index < -0.39 is 0 Å². The van der Waals surface area contributed by atoms with E-state index in [0.717, 1.165) is 35.6 Å². The molecule has 1 saturated heterocycles. The third kappa shape index (κ3) is 3.46. The highest BCUT2D eigenvalue weighted by atomic mass is 32.2. The van der Waals surface area contributed by atoms with Crippen molar-refractivity contribution in [2.24, 2.45) is 0 Å². The lowest BCUT2D eigenvalue weighted by molar-refractivity contribution is -0.132. The van der Waals surface area contributed by atoms with Gasteiger partial charge < -0.3 is 15.0 Å². The van der Waals surface area contributed by atoms with Gasteiger partial charge in [0.05, 0.1) is 13.2 Å². The van der Waals surface area contributed by atoms with Gasteiger partial charge in [0.2, 0.25) is 5.91 Å². The van der Waals surface area contributed by atoms with Gasteiger partial charge in [0, 0.05) is 18.5 Å². The first-order chi connectivity index (χ1) is 9.65. The lowest BCUT2D eigenvalue weighted by Gasteiger charge is -2.21. The molecule has 1 heterocycles. The first kappa shape index (κ1) is 15.2. The van der Waals surface area contributed by atoms with Crippen LogP contribution in [0.15, 0.2) is 23.1 Å². The van der Waals surface area contributed by atoms with Crippen molar-refractivity contribution in [1.82, 2.24) is 10.2 Å². The molecule has 0 bridgehead atoms. The van der Waals surface area contributed by atoms with Gasteiger partial charge >= 0.3 is 0 Å². The number of ether oxygens (including phenoxy) is 1. The van der Waals surface area contributed by atoms with Gasteiger partial charge in [-0.1, -0.05) is 6.07 Å². The van der Waals surface area contributed by atoms with Crippen LogP contribution in [0.5, 0.6) is 5.75 Å². The molecule has 0 saturated carbocycles. The smallest absolute Gasteiger partial charge is 0.239 e. The summed E-state index contributed by atoms with van der Waals surface area (Å²) in [6.45, 7) is 1.56. The summed E-state index contributed by atoms with van der Waals surface area (Å²) < 4.78 is 5.38. The molecular weight excluding hydrogens is 272 g/mol. The van der Waals surface area contributed by atoms with Gasteiger partial charge in [0.25, 0.3) is 0 Å². The Hall–Kier alpha value is -1.20. The number of benzene rings is 1. The molecule has 0 aromatic heterocycles. The topological polar surface area (TPSA) is 41.6 Å². The molecule has 1 aliphatic heterocycles. The van der Waals surface area contributed by atoms with Crippen molar-refractivity contribution in [3.8, 4) is 5.75 Å². The van der Waals surface area contributed by atoms with Crippen LogP contribution in [0.25, 0.3) is 0 Å². The minimum atomic E-state index is -0.00707. The number of nitrogens with one attached hydrogen (secondary N) is 1. The normalized spacial score (nSPS) is 18.1. The zero-order valence-electron chi connectivity index (χ0n) is 12.3. The number of methoxy groups -OCH3 is 1. The molecule has 1 atom stereocenters. The van der Waals surface area contributed by atoms with Crippen LogP contribution in [0.2, 0.25) is 0 Å². The summed E-state index contributed by atoms with van der Waals surface area (Å²) in [5, 5.41) is 3.24. The minimum Gasteiger partial charge on any atom is -0.496 e. The Labute approximate surface area is 124 Å². The van der Waals surface area contributed by atoms with E-state index in [2.05, 4.69) is 11.4 Å². The second-order valence-electron chi connectivity index (χ2n) is 5.03. The number of carbonyl (C=O) groups is 1. The molecule has 1 aliphatic rings. The second-order valence-corrected chi connectivity index (χ2v) is 5.88. The third-order valence-electron chi connectivity index (χ3n) is 3.60. The van der Waals surface area contributed by atoms with Crippen molar-refractivity contribution in [2.75, 3.05) is 27.0 Å². The van der Waals surface area contributed by atoms with Crippen molar-refractivity contribution in [3.63, 3.8) is 0 Å². The molecule has 110 valence electrons. The number of nitrogens with zero attached hydrogens (tertiary/aromatic N) is 1. The SMILES string of the molecule is COc1cc(CN(C)C(=O)C2CCCN2)ccc1SC. The van der Waals surface area contributed by atoms with E-state index in [1.807, 2.05) is 25.4 Å². The van der Waals surface area contributed by atoms with Gasteiger partial charge in [-0.2, -0.15) is 0 Å². The van der Waals surface area contributed by atoms with Gasteiger partial charge in [-0.3, -0.25) is 4.79 Å². The Balaban J connectivity index is 2.03. The summed E-state index contributed by atoms with van der Waals surface area (Å²) >= 11 is 1.66. The quantitative estimate of drug-likeness (QED) is 0.845.